The normalized spacial score (nSPS) is 15.4. The van der Waals surface area contributed by atoms with Gasteiger partial charge in [-0.3, -0.25) is 14.4 Å². The Kier molecular flexibility index (Phi) is 5.69. The summed E-state index contributed by atoms with van der Waals surface area (Å²) in [7, 11) is 0. The van der Waals surface area contributed by atoms with E-state index in [1.165, 1.54) is 0 Å². The van der Waals surface area contributed by atoms with Crippen LogP contribution >= 0.6 is 0 Å². The van der Waals surface area contributed by atoms with E-state index in [1.54, 1.807) is 25.1 Å². The number of benzene rings is 1. The van der Waals surface area contributed by atoms with Gasteiger partial charge in [-0.15, -0.1) is 0 Å². The maximum absolute atomic E-state index is 12.6. The number of nitrogens with one attached hydrogen (secondary N) is 1. The van der Waals surface area contributed by atoms with Crippen molar-refractivity contribution in [2.75, 3.05) is 13.1 Å². The summed E-state index contributed by atoms with van der Waals surface area (Å²) in [6.45, 7) is 3.27. The van der Waals surface area contributed by atoms with Gasteiger partial charge < -0.3 is 10.2 Å². The molecule has 0 bridgehead atoms. The van der Waals surface area contributed by atoms with Gasteiger partial charge in [0.25, 0.3) is 0 Å². The van der Waals surface area contributed by atoms with Crippen molar-refractivity contribution in [3.05, 3.63) is 35.4 Å². The van der Waals surface area contributed by atoms with E-state index in [4.69, 9.17) is 0 Å². The van der Waals surface area contributed by atoms with Gasteiger partial charge in [-0.1, -0.05) is 25.1 Å². The lowest BCUT2D eigenvalue weighted by atomic mass is 10.0. The van der Waals surface area contributed by atoms with Crippen LogP contribution < -0.4 is 5.32 Å². The van der Waals surface area contributed by atoms with Crippen LogP contribution in [0.25, 0.3) is 0 Å². The van der Waals surface area contributed by atoms with Crippen LogP contribution in [0.4, 0.5) is 0 Å². The highest BCUT2D eigenvalue weighted by Crippen LogP contribution is 2.13. The molecule has 0 spiro atoms. The highest BCUT2D eigenvalue weighted by Gasteiger charge is 2.27. The first kappa shape index (κ1) is 16.2. The molecular weight excluding hydrogens is 280 g/mol. The topological polar surface area (TPSA) is 66.5 Å². The van der Waals surface area contributed by atoms with E-state index in [9.17, 15) is 14.4 Å². The molecule has 1 saturated heterocycles. The van der Waals surface area contributed by atoms with E-state index in [0.717, 1.165) is 37.8 Å². The second kappa shape index (κ2) is 7.73. The summed E-state index contributed by atoms with van der Waals surface area (Å²) < 4.78 is 0. The quantitative estimate of drug-likeness (QED) is 0.811. The summed E-state index contributed by atoms with van der Waals surface area (Å²) in [4.78, 5) is 37.0. The molecule has 0 aromatic heterocycles. The minimum Gasteiger partial charge on any atom is -0.344 e. The first-order valence-electron chi connectivity index (χ1n) is 7.76. The average Bonchev–Trinajstić information content (AvgIpc) is 3.08. The monoisotopic (exact) mass is 302 g/mol. The molecule has 2 amide bonds. The van der Waals surface area contributed by atoms with Gasteiger partial charge in [0.15, 0.2) is 0 Å². The molecule has 1 aliphatic heterocycles. The minimum atomic E-state index is -0.563. The minimum absolute atomic E-state index is 0.0317. The molecular formula is C17H22N2O3. The third-order valence-corrected chi connectivity index (χ3v) is 3.90. The SMILES string of the molecule is CCC(=O)NC(Cc1cccc(C=O)c1)C(=O)N1CCCC1. The van der Waals surface area contributed by atoms with E-state index >= 15 is 0 Å². The molecule has 5 nitrogen and oxygen atoms in total. The van der Waals surface area contributed by atoms with Crippen LogP contribution in [0.15, 0.2) is 24.3 Å². The van der Waals surface area contributed by atoms with Gasteiger partial charge in [0.1, 0.15) is 12.3 Å². The number of amides is 2. The fourth-order valence-corrected chi connectivity index (χ4v) is 2.68. The molecule has 0 saturated carbocycles. The van der Waals surface area contributed by atoms with Crippen molar-refractivity contribution < 1.29 is 14.4 Å². The Bertz CT molecular complexity index is 551. The lowest BCUT2D eigenvalue weighted by Crippen LogP contribution is -2.48. The number of likely N-dealkylation sites (tertiary alicyclic amines) is 1. The molecule has 1 N–H and O–H groups in total. The van der Waals surface area contributed by atoms with Crippen LogP contribution in [0.2, 0.25) is 0 Å². The van der Waals surface area contributed by atoms with Crippen LogP contribution in [0, 0.1) is 0 Å². The van der Waals surface area contributed by atoms with Gasteiger partial charge in [-0.2, -0.15) is 0 Å². The zero-order chi connectivity index (χ0) is 15.9. The van der Waals surface area contributed by atoms with Crippen molar-refractivity contribution >= 4 is 18.1 Å². The lowest BCUT2D eigenvalue weighted by Gasteiger charge is -2.24. The van der Waals surface area contributed by atoms with Crippen molar-refractivity contribution in [1.29, 1.82) is 0 Å². The maximum atomic E-state index is 12.6. The molecule has 1 aliphatic rings. The Hall–Kier alpha value is -2.17. The molecule has 0 radical (unpaired) electrons. The number of aldehydes is 1. The van der Waals surface area contributed by atoms with Gasteiger partial charge in [-0.25, -0.2) is 0 Å². The highest BCUT2D eigenvalue weighted by molar-refractivity contribution is 5.88. The molecule has 0 aliphatic carbocycles. The van der Waals surface area contributed by atoms with Gasteiger partial charge in [0, 0.05) is 31.5 Å². The number of nitrogens with zero attached hydrogens (tertiary/aromatic N) is 1. The van der Waals surface area contributed by atoms with E-state index in [2.05, 4.69) is 5.32 Å². The summed E-state index contributed by atoms with van der Waals surface area (Å²) in [5.41, 5.74) is 1.45. The Labute approximate surface area is 130 Å². The number of carbonyl (C=O) groups excluding carboxylic acids is 3. The largest absolute Gasteiger partial charge is 0.344 e. The van der Waals surface area contributed by atoms with E-state index in [0.29, 0.717) is 18.4 Å². The predicted molar refractivity (Wildman–Crippen MR) is 83.6 cm³/mol. The van der Waals surface area contributed by atoms with Crippen molar-refractivity contribution in [1.82, 2.24) is 10.2 Å². The number of hydrogen-bond donors (Lipinski definition) is 1. The zero-order valence-electron chi connectivity index (χ0n) is 12.9. The predicted octanol–water partition coefficient (Wildman–Crippen LogP) is 1.56. The van der Waals surface area contributed by atoms with Crippen LogP contribution in [0.1, 0.15) is 42.1 Å². The second-order valence-corrected chi connectivity index (χ2v) is 5.57. The summed E-state index contributed by atoms with van der Waals surface area (Å²) in [5.74, 6) is -0.167. The average molecular weight is 302 g/mol. The molecule has 1 heterocycles. The second-order valence-electron chi connectivity index (χ2n) is 5.57. The molecule has 1 fully saturated rings. The van der Waals surface area contributed by atoms with Crippen molar-refractivity contribution in [2.24, 2.45) is 0 Å². The Balaban J connectivity index is 2.13. The Morgan fingerprint density at radius 2 is 2.05 bits per heavy atom. The molecule has 1 unspecified atom stereocenters. The van der Waals surface area contributed by atoms with Crippen LogP contribution in [-0.4, -0.2) is 42.1 Å². The molecule has 1 aromatic rings. The number of carbonyl (C=O) groups is 3. The molecule has 5 heteroatoms. The fraction of sp³-hybridized carbons (Fsp3) is 0.471. The third kappa shape index (κ3) is 4.16. The van der Waals surface area contributed by atoms with Crippen LogP contribution in [0.3, 0.4) is 0 Å². The number of hydrogen-bond acceptors (Lipinski definition) is 3. The first-order valence-corrected chi connectivity index (χ1v) is 7.76. The summed E-state index contributed by atoms with van der Waals surface area (Å²) in [6.07, 6.45) is 3.56. The standard InChI is InChI=1S/C17H22N2O3/c1-2-16(21)18-15(17(22)19-8-3-4-9-19)11-13-6-5-7-14(10-13)12-20/h5-7,10,12,15H,2-4,8-9,11H2,1H3,(H,18,21). The molecule has 22 heavy (non-hydrogen) atoms. The van der Waals surface area contributed by atoms with Crippen LogP contribution in [-0.2, 0) is 16.0 Å². The van der Waals surface area contributed by atoms with Crippen LogP contribution in [0.5, 0.6) is 0 Å². The lowest BCUT2D eigenvalue weighted by molar-refractivity contribution is -0.135. The van der Waals surface area contributed by atoms with Gasteiger partial charge in [0.2, 0.25) is 11.8 Å². The van der Waals surface area contributed by atoms with Gasteiger partial charge >= 0.3 is 0 Å². The first-order chi connectivity index (χ1) is 10.6. The van der Waals surface area contributed by atoms with Crippen molar-refractivity contribution in [2.45, 2.75) is 38.6 Å². The van der Waals surface area contributed by atoms with Crippen molar-refractivity contribution in [3.8, 4) is 0 Å². The number of rotatable bonds is 6. The molecule has 2 rings (SSSR count). The Morgan fingerprint density at radius 3 is 2.68 bits per heavy atom. The smallest absolute Gasteiger partial charge is 0.245 e. The van der Waals surface area contributed by atoms with Crippen molar-refractivity contribution in [3.63, 3.8) is 0 Å². The summed E-state index contributed by atoms with van der Waals surface area (Å²) >= 11 is 0. The highest BCUT2D eigenvalue weighted by atomic mass is 16.2. The molecule has 118 valence electrons. The fourth-order valence-electron chi connectivity index (χ4n) is 2.68. The molecule has 1 aromatic carbocycles. The van der Waals surface area contributed by atoms with Gasteiger partial charge in [-0.05, 0) is 24.5 Å². The Morgan fingerprint density at radius 1 is 1.32 bits per heavy atom. The summed E-state index contributed by atoms with van der Waals surface area (Å²) in [6, 6.07) is 6.58. The van der Waals surface area contributed by atoms with E-state index < -0.39 is 6.04 Å². The van der Waals surface area contributed by atoms with E-state index in [1.807, 2.05) is 11.0 Å². The van der Waals surface area contributed by atoms with Gasteiger partial charge in [0.05, 0.1) is 0 Å². The summed E-state index contributed by atoms with van der Waals surface area (Å²) in [5, 5.41) is 2.81. The third-order valence-electron chi connectivity index (χ3n) is 3.90. The molecule has 1 atom stereocenters. The maximum Gasteiger partial charge on any atom is 0.245 e. The van der Waals surface area contributed by atoms with E-state index in [-0.39, 0.29) is 11.8 Å². The zero-order valence-corrected chi connectivity index (χ0v) is 12.9.